The van der Waals surface area contributed by atoms with Gasteiger partial charge in [0, 0.05) is 4.90 Å². The Morgan fingerprint density at radius 1 is 1.05 bits per heavy atom. The molecule has 0 fully saturated rings. The van der Waals surface area contributed by atoms with E-state index < -0.39 is 0 Å². The Hall–Kier alpha value is -1.12. The molecule has 0 aliphatic carbocycles. The van der Waals surface area contributed by atoms with Gasteiger partial charge in [0.1, 0.15) is 11.5 Å². The second kappa shape index (κ2) is 6.88. The minimum atomic E-state index is 0.787. The van der Waals surface area contributed by atoms with Crippen LogP contribution in [0.15, 0.2) is 47.4 Å². The molecule has 0 atom stereocenters. The van der Waals surface area contributed by atoms with Crippen LogP contribution in [-0.2, 0) is 0 Å². The van der Waals surface area contributed by atoms with Gasteiger partial charge >= 0.3 is 0 Å². The standard InChI is InChI=1S/C16H17ClOS/c1-3-10-19-16-11-14(8-9-15(16)17)18-13-6-4-12(2)5-7-13/h4-9,11H,3,10H2,1-2H3. The summed E-state index contributed by atoms with van der Waals surface area (Å²) in [6.07, 6.45) is 1.13. The number of ether oxygens (including phenoxy) is 1. The van der Waals surface area contributed by atoms with Crippen LogP contribution in [0.3, 0.4) is 0 Å². The minimum Gasteiger partial charge on any atom is -0.457 e. The molecule has 0 N–H and O–H groups in total. The van der Waals surface area contributed by atoms with Crippen LogP contribution >= 0.6 is 23.4 Å². The normalized spacial score (nSPS) is 10.5. The molecular weight excluding hydrogens is 276 g/mol. The lowest BCUT2D eigenvalue weighted by atomic mass is 10.2. The number of aryl methyl sites for hydroxylation is 1. The summed E-state index contributed by atoms with van der Waals surface area (Å²) in [4.78, 5) is 1.08. The molecule has 2 aromatic rings. The van der Waals surface area contributed by atoms with Gasteiger partial charge in [-0.1, -0.05) is 36.2 Å². The van der Waals surface area contributed by atoms with Crippen molar-refractivity contribution in [1.29, 1.82) is 0 Å². The number of thioether (sulfide) groups is 1. The maximum Gasteiger partial charge on any atom is 0.128 e. The Balaban J connectivity index is 2.14. The van der Waals surface area contributed by atoms with E-state index in [-0.39, 0.29) is 0 Å². The SMILES string of the molecule is CCCSc1cc(Oc2ccc(C)cc2)ccc1Cl. The van der Waals surface area contributed by atoms with Gasteiger partial charge in [0.05, 0.1) is 5.02 Å². The third-order valence-corrected chi connectivity index (χ3v) is 4.32. The van der Waals surface area contributed by atoms with Crippen LogP contribution < -0.4 is 4.74 Å². The number of hydrogen-bond acceptors (Lipinski definition) is 2. The maximum atomic E-state index is 6.18. The Labute approximate surface area is 123 Å². The largest absolute Gasteiger partial charge is 0.457 e. The summed E-state index contributed by atoms with van der Waals surface area (Å²) in [6.45, 7) is 4.22. The van der Waals surface area contributed by atoms with Crippen molar-refractivity contribution in [3.8, 4) is 11.5 Å². The summed E-state index contributed by atoms with van der Waals surface area (Å²) >= 11 is 7.94. The van der Waals surface area contributed by atoms with E-state index in [0.717, 1.165) is 33.6 Å². The molecule has 0 spiro atoms. The Kier molecular flexibility index (Phi) is 5.17. The van der Waals surface area contributed by atoms with Gasteiger partial charge in [-0.3, -0.25) is 0 Å². The second-order valence-electron chi connectivity index (χ2n) is 4.36. The molecule has 0 heterocycles. The van der Waals surface area contributed by atoms with E-state index in [4.69, 9.17) is 16.3 Å². The van der Waals surface area contributed by atoms with E-state index >= 15 is 0 Å². The fraction of sp³-hybridized carbons (Fsp3) is 0.250. The summed E-state index contributed by atoms with van der Waals surface area (Å²) in [5.41, 5.74) is 1.22. The Morgan fingerprint density at radius 2 is 1.74 bits per heavy atom. The zero-order chi connectivity index (χ0) is 13.7. The van der Waals surface area contributed by atoms with Crippen molar-refractivity contribution in [3.05, 3.63) is 53.1 Å². The van der Waals surface area contributed by atoms with Gasteiger partial charge in [0.15, 0.2) is 0 Å². The molecule has 0 saturated heterocycles. The third-order valence-electron chi connectivity index (χ3n) is 2.62. The molecule has 0 aliphatic rings. The highest BCUT2D eigenvalue weighted by atomic mass is 35.5. The summed E-state index contributed by atoms with van der Waals surface area (Å²) in [5.74, 6) is 2.74. The van der Waals surface area contributed by atoms with Crippen molar-refractivity contribution in [2.75, 3.05) is 5.75 Å². The van der Waals surface area contributed by atoms with Crippen molar-refractivity contribution in [1.82, 2.24) is 0 Å². The highest BCUT2D eigenvalue weighted by Gasteiger charge is 2.04. The van der Waals surface area contributed by atoms with Crippen LogP contribution in [0.2, 0.25) is 5.02 Å². The highest BCUT2D eigenvalue weighted by molar-refractivity contribution is 7.99. The molecule has 0 saturated carbocycles. The van der Waals surface area contributed by atoms with E-state index in [9.17, 15) is 0 Å². The van der Waals surface area contributed by atoms with Crippen LogP contribution in [0.4, 0.5) is 0 Å². The first-order valence-electron chi connectivity index (χ1n) is 6.36. The molecule has 0 amide bonds. The van der Waals surface area contributed by atoms with Crippen molar-refractivity contribution >= 4 is 23.4 Å². The van der Waals surface area contributed by atoms with Crippen molar-refractivity contribution < 1.29 is 4.74 Å². The van der Waals surface area contributed by atoms with E-state index in [1.165, 1.54) is 5.56 Å². The van der Waals surface area contributed by atoms with E-state index in [1.54, 1.807) is 11.8 Å². The number of halogens is 1. The van der Waals surface area contributed by atoms with Gasteiger partial charge in [-0.15, -0.1) is 11.8 Å². The quantitative estimate of drug-likeness (QED) is 0.630. The van der Waals surface area contributed by atoms with Gasteiger partial charge < -0.3 is 4.74 Å². The molecule has 2 rings (SSSR count). The van der Waals surface area contributed by atoms with Crippen LogP contribution in [0, 0.1) is 6.92 Å². The summed E-state index contributed by atoms with van der Waals surface area (Å²) < 4.78 is 5.84. The molecular formula is C16H17ClOS. The average molecular weight is 293 g/mol. The Bertz CT molecular complexity index is 537. The van der Waals surface area contributed by atoms with Crippen LogP contribution in [-0.4, -0.2) is 5.75 Å². The lowest BCUT2D eigenvalue weighted by Crippen LogP contribution is -1.86. The molecule has 1 nitrogen and oxygen atoms in total. The molecule has 0 bridgehead atoms. The first-order valence-corrected chi connectivity index (χ1v) is 7.72. The minimum absolute atomic E-state index is 0.787. The molecule has 0 aliphatic heterocycles. The van der Waals surface area contributed by atoms with Crippen molar-refractivity contribution in [3.63, 3.8) is 0 Å². The van der Waals surface area contributed by atoms with Gasteiger partial charge in [0.25, 0.3) is 0 Å². The van der Waals surface area contributed by atoms with Crippen molar-refractivity contribution in [2.45, 2.75) is 25.2 Å². The topological polar surface area (TPSA) is 9.23 Å². The summed E-state index contributed by atoms with van der Waals surface area (Å²) in [5, 5.41) is 0.787. The molecule has 3 heteroatoms. The average Bonchev–Trinajstić information content (AvgIpc) is 2.42. The molecule has 2 aromatic carbocycles. The van der Waals surface area contributed by atoms with Gasteiger partial charge in [-0.25, -0.2) is 0 Å². The summed E-state index contributed by atoms with van der Waals surface area (Å²) in [7, 11) is 0. The van der Waals surface area contributed by atoms with E-state index in [0.29, 0.717) is 0 Å². The second-order valence-corrected chi connectivity index (χ2v) is 5.90. The smallest absolute Gasteiger partial charge is 0.128 e. The summed E-state index contributed by atoms with van der Waals surface area (Å²) in [6, 6.07) is 13.8. The maximum absolute atomic E-state index is 6.18. The predicted octanol–water partition coefficient (Wildman–Crippen LogP) is 5.94. The number of benzene rings is 2. The third kappa shape index (κ3) is 4.19. The highest BCUT2D eigenvalue weighted by Crippen LogP contribution is 2.33. The molecule has 100 valence electrons. The lowest BCUT2D eigenvalue weighted by Gasteiger charge is -2.09. The van der Waals surface area contributed by atoms with Crippen LogP contribution in [0.1, 0.15) is 18.9 Å². The first kappa shape index (κ1) is 14.3. The molecule has 0 radical (unpaired) electrons. The predicted molar refractivity (Wildman–Crippen MR) is 83.7 cm³/mol. The first-order chi connectivity index (χ1) is 9.19. The zero-order valence-electron chi connectivity index (χ0n) is 11.2. The fourth-order valence-corrected chi connectivity index (χ4v) is 2.72. The van der Waals surface area contributed by atoms with E-state index in [2.05, 4.69) is 13.8 Å². The molecule has 0 aromatic heterocycles. The van der Waals surface area contributed by atoms with Crippen molar-refractivity contribution in [2.24, 2.45) is 0 Å². The van der Waals surface area contributed by atoms with Gasteiger partial charge in [0.2, 0.25) is 0 Å². The molecule has 19 heavy (non-hydrogen) atoms. The molecule has 0 unspecified atom stereocenters. The fourth-order valence-electron chi connectivity index (χ4n) is 1.61. The number of hydrogen-bond donors (Lipinski definition) is 0. The lowest BCUT2D eigenvalue weighted by molar-refractivity contribution is 0.481. The van der Waals surface area contributed by atoms with Crippen LogP contribution in [0.25, 0.3) is 0 Å². The number of rotatable bonds is 5. The zero-order valence-corrected chi connectivity index (χ0v) is 12.7. The Morgan fingerprint density at radius 3 is 2.42 bits per heavy atom. The van der Waals surface area contributed by atoms with Gasteiger partial charge in [-0.2, -0.15) is 0 Å². The monoisotopic (exact) mass is 292 g/mol. The van der Waals surface area contributed by atoms with E-state index in [1.807, 2.05) is 42.5 Å². The van der Waals surface area contributed by atoms with Crippen LogP contribution in [0.5, 0.6) is 11.5 Å². The van der Waals surface area contributed by atoms with Gasteiger partial charge in [-0.05, 0) is 49.4 Å².